The monoisotopic (exact) mass is 366 g/mol. The predicted molar refractivity (Wildman–Crippen MR) is 104 cm³/mol. The van der Waals surface area contributed by atoms with Gasteiger partial charge in [-0.3, -0.25) is 4.98 Å². The molecule has 132 valence electrons. The summed E-state index contributed by atoms with van der Waals surface area (Å²) < 4.78 is 30.3. The van der Waals surface area contributed by atoms with Crippen molar-refractivity contribution in [2.45, 2.75) is 18.7 Å². The van der Waals surface area contributed by atoms with Crippen LogP contribution in [0.2, 0.25) is 0 Å². The van der Waals surface area contributed by atoms with Crippen LogP contribution in [0.25, 0.3) is 17.0 Å². The highest BCUT2D eigenvalue weighted by molar-refractivity contribution is 7.95. The predicted octanol–water partition coefficient (Wildman–Crippen LogP) is 4.44. The number of aromatic nitrogens is 1. The molecule has 4 rings (SSSR count). The van der Waals surface area contributed by atoms with Crippen LogP contribution >= 0.6 is 0 Å². The van der Waals surface area contributed by atoms with Crippen LogP contribution in [-0.2, 0) is 9.84 Å². The summed E-state index contributed by atoms with van der Waals surface area (Å²) in [5, 5.41) is 4.15. The summed E-state index contributed by atoms with van der Waals surface area (Å²) in [6.45, 7) is 3.62. The zero-order valence-electron chi connectivity index (χ0n) is 14.7. The maximum Gasteiger partial charge on any atom is 0.203 e. The van der Waals surface area contributed by atoms with Gasteiger partial charge in [-0.2, -0.15) is 0 Å². The Hall–Kier alpha value is -2.86. The van der Waals surface area contributed by atoms with Gasteiger partial charge in [0.05, 0.1) is 17.5 Å². The van der Waals surface area contributed by atoms with Crippen molar-refractivity contribution in [3.05, 3.63) is 58.6 Å². The number of nitrogens with one attached hydrogen (secondary N) is 1. The maximum atomic E-state index is 12.5. The van der Waals surface area contributed by atoms with E-state index in [4.69, 9.17) is 4.74 Å². The Morgan fingerprint density at radius 3 is 2.62 bits per heavy atom. The van der Waals surface area contributed by atoms with Gasteiger partial charge in [-0.25, -0.2) is 8.42 Å². The van der Waals surface area contributed by atoms with Crippen molar-refractivity contribution in [3.63, 3.8) is 0 Å². The van der Waals surface area contributed by atoms with Gasteiger partial charge >= 0.3 is 0 Å². The average molecular weight is 366 g/mol. The Balaban J connectivity index is 1.87. The van der Waals surface area contributed by atoms with Crippen LogP contribution in [0.15, 0.2) is 52.4 Å². The molecular formula is C20H18N2O3S. The maximum absolute atomic E-state index is 12.5. The third-order valence-electron chi connectivity index (χ3n) is 4.66. The Morgan fingerprint density at radius 1 is 1.04 bits per heavy atom. The van der Waals surface area contributed by atoms with E-state index in [1.807, 2.05) is 37.3 Å². The van der Waals surface area contributed by atoms with E-state index in [1.54, 1.807) is 32.4 Å². The van der Waals surface area contributed by atoms with E-state index in [2.05, 4.69) is 10.3 Å². The van der Waals surface area contributed by atoms with Crippen molar-refractivity contribution in [2.24, 2.45) is 0 Å². The number of hydrogen-bond donors (Lipinski definition) is 1. The number of pyridine rings is 1. The molecule has 1 aromatic heterocycles. The van der Waals surface area contributed by atoms with Crippen LogP contribution in [0, 0.1) is 6.92 Å². The number of sulfone groups is 1. The molecule has 0 saturated heterocycles. The first-order valence-corrected chi connectivity index (χ1v) is 9.66. The number of aryl methyl sites for hydroxylation is 1. The molecule has 3 aromatic rings. The molecular weight excluding hydrogens is 348 g/mol. The van der Waals surface area contributed by atoms with Gasteiger partial charge in [0.15, 0.2) is 0 Å². The van der Waals surface area contributed by atoms with Crippen molar-refractivity contribution in [1.82, 2.24) is 4.98 Å². The largest absolute Gasteiger partial charge is 0.497 e. The molecule has 1 aliphatic rings. The number of benzene rings is 2. The van der Waals surface area contributed by atoms with Gasteiger partial charge in [-0.1, -0.05) is 6.07 Å². The van der Waals surface area contributed by atoms with Crippen LogP contribution in [0.5, 0.6) is 5.75 Å². The minimum Gasteiger partial charge on any atom is -0.497 e. The van der Waals surface area contributed by atoms with Gasteiger partial charge in [-0.15, -0.1) is 0 Å². The molecule has 0 fully saturated rings. The van der Waals surface area contributed by atoms with Gasteiger partial charge in [0.25, 0.3) is 0 Å². The summed E-state index contributed by atoms with van der Waals surface area (Å²) in [6, 6.07) is 11.2. The number of ether oxygens (including phenoxy) is 1. The normalized spacial score (nSPS) is 14.8. The minimum atomic E-state index is -3.40. The lowest BCUT2D eigenvalue weighted by atomic mass is 10.1. The summed E-state index contributed by atoms with van der Waals surface area (Å²) >= 11 is 0. The van der Waals surface area contributed by atoms with E-state index in [0.29, 0.717) is 15.4 Å². The second-order valence-corrected chi connectivity index (χ2v) is 8.42. The SMILES string of the molecule is COc1ccc(C)c(Nc2ccnc3cc4c(cc23)S(=O)(=O)C(C)=C4)c1. The number of hydrogen-bond acceptors (Lipinski definition) is 5. The zero-order chi connectivity index (χ0) is 18.5. The van der Waals surface area contributed by atoms with Crippen molar-refractivity contribution in [3.8, 4) is 5.75 Å². The van der Waals surface area contributed by atoms with Crippen LogP contribution in [0.3, 0.4) is 0 Å². The van der Waals surface area contributed by atoms with Gasteiger partial charge in [-0.05, 0) is 55.3 Å². The number of allylic oxidation sites excluding steroid dienone is 1. The number of anilines is 2. The zero-order valence-corrected chi connectivity index (χ0v) is 15.5. The molecule has 0 radical (unpaired) electrons. The highest BCUT2D eigenvalue weighted by Gasteiger charge is 2.27. The molecule has 6 heteroatoms. The highest BCUT2D eigenvalue weighted by Crippen LogP contribution is 2.37. The standard InChI is InChI=1S/C20H18N2O3S/c1-12-4-5-15(25-3)10-18(12)22-17-6-7-21-19-9-14-8-13(2)26(23,24)20(14)11-16(17)19/h4-11H,1-3H3,(H,21,22). The van der Waals surface area contributed by atoms with E-state index < -0.39 is 9.84 Å². The van der Waals surface area contributed by atoms with Crippen molar-refractivity contribution >= 4 is 38.2 Å². The molecule has 0 bridgehead atoms. The summed E-state index contributed by atoms with van der Waals surface area (Å²) in [6.07, 6.45) is 3.41. The first-order chi connectivity index (χ1) is 12.4. The third kappa shape index (κ3) is 2.54. The van der Waals surface area contributed by atoms with Crippen molar-refractivity contribution < 1.29 is 13.2 Å². The second-order valence-electron chi connectivity index (χ2n) is 6.33. The average Bonchev–Trinajstić information content (AvgIpc) is 2.84. The molecule has 2 heterocycles. The van der Waals surface area contributed by atoms with Gasteiger partial charge in [0, 0.05) is 33.9 Å². The molecule has 1 aliphatic heterocycles. The minimum absolute atomic E-state index is 0.334. The first-order valence-electron chi connectivity index (χ1n) is 8.18. The highest BCUT2D eigenvalue weighted by atomic mass is 32.2. The smallest absolute Gasteiger partial charge is 0.203 e. The Bertz CT molecular complexity index is 1180. The van der Waals surface area contributed by atoms with Gasteiger partial charge in [0.1, 0.15) is 5.75 Å². The fourth-order valence-electron chi connectivity index (χ4n) is 3.12. The first kappa shape index (κ1) is 16.6. The van der Waals surface area contributed by atoms with Gasteiger partial charge in [0.2, 0.25) is 9.84 Å². The lowest BCUT2D eigenvalue weighted by molar-refractivity contribution is 0.415. The molecule has 0 atom stereocenters. The third-order valence-corrected chi connectivity index (χ3v) is 6.56. The lowest BCUT2D eigenvalue weighted by Gasteiger charge is -2.14. The fraction of sp³-hybridized carbons (Fsp3) is 0.150. The fourth-order valence-corrected chi connectivity index (χ4v) is 4.45. The number of methoxy groups -OCH3 is 1. The Kier molecular flexibility index (Phi) is 3.73. The van der Waals surface area contributed by atoms with E-state index in [1.165, 1.54) is 0 Å². The van der Waals surface area contributed by atoms with Crippen LogP contribution in [0.1, 0.15) is 18.1 Å². The van der Waals surface area contributed by atoms with Crippen LogP contribution < -0.4 is 10.1 Å². The summed E-state index contributed by atoms with van der Waals surface area (Å²) in [5.41, 5.74) is 4.19. The Labute approximate surface area is 152 Å². The van der Waals surface area contributed by atoms with Crippen LogP contribution in [0.4, 0.5) is 11.4 Å². The molecule has 26 heavy (non-hydrogen) atoms. The summed E-state index contributed by atoms with van der Waals surface area (Å²) in [7, 11) is -1.77. The number of fused-ring (bicyclic) bond motifs is 2. The van der Waals surface area contributed by atoms with E-state index in [-0.39, 0.29) is 0 Å². The van der Waals surface area contributed by atoms with Crippen molar-refractivity contribution in [2.75, 3.05) is 12.4 Å². The quantitative estimate of drug-likeness (QED) is 0.742. The summed E-state index contributed by atoms with van der Waals surface area (Å²) in [5.74, 6) is 0.750. The topological polar surface area (TPSA) is 68.3 Å². The summed E-state index contributed by atoms with van der Waals surface area (Å²) in [4.78, 5) is 5.10. The van der Waals surface area contributed by atoms with E-state index in [9.17, 15) is 8.42 Å². The Morgan fingerprint density at radius 2 is 1.85 bits per heavy atom. The molecule has 0 amide bonds. The molecule has 0 spiro atoms. The molecule has 0 saturated carbocycles. The lowest BCUT2D eigenvalue weighted by Crippen LogP contribution is -2.00. The molecule has 2 aromatic carbocycles. The second kappa shape index (κ2) is 5.85. The number of rotatable bonds is 3. The molecule has 0 unspecified atom stereocenters. The number of nitrogens with zero attached hydrogens (tertiary/aromatic N) is 1. The van der Waals surface area contributed by atoms with Gasteiger partial charge < -0.3 is 10.1 Å². The van der Waals surface area contributed by atoms with E-state index in [0.717, 1.165) is 33.6 Å². The molecule has 5 nitrogen and oxygen atoms in total. The van der Waals surface area contributed by atoms with Crippen LogP contribution in [-0.4, -0.2) is 20.5 Å². The molecule has 1 N–H and O–H groups in total. The van der Waals surface area contributed by atoms with Crippen molar-refractivity contribution in [1.29, 1.82) is 0 Å². The molecule has 0 aliphatic carbocycles. The van der Waals surface area contributed by atoms with E-state index >= 15 is 0 Å².